The number of rotatable bonds is 3. The number of hydrogen-bond donors (Lipinski definition) is 0. The molecule has 0 radical (unpaired) electrons. The van der Waals surface area contributed by atoms with Gasteiger partial charge in [0.25, 0.3) is 0 Å². The highest BCUT2D eigenvalue weighted by Gasteiger charge is 2.39. The first kappa shape index (κ1) is 21.6. The second-order valence-corrected chi connectivity index (χ2v) is 9.23. The van der Waals surface area contributed by atoms with E-state index in [0.717, 1.165) is 13.0 Å². The van der Waals surface area contributed by atoms with Gasteiger partial charge in [-0.05, 0) is 42.5 Å². The quantitative estimate of drug-likeness (QED) is 0.724. The number of halogens is 1. The van der Waals surface area contributed by atoms with Gasteiger partial charge in [0.15, 0.2) is 0 Å². The van der Waals surface area contributed by atoms with Gasteiger partial charge in [-0.1, -0.05) is 36.4 Å². The summed E-state index contributed by atoms with van der Waals surface area (Å²) >= 11 is 0. The molecular formula is C26H28FN3O3. The second-order valence-electron chi connectivity index (χ2n) is 9.23. The minimum Gasteiger partial charge on any atom is -0.342 e. The van der Waals surface area contributed by atoms with Crippen LogP contribution >= 0.6 is 0 Å². The average Bonchev–Trinajstić information content (AvgIpc) is 3.24. The van der Waals surface area contributed by atoms with Crippen molar-refractivity contribution in [1.29, 1.82) is 0 Å². The van der Waals surface area contributed by atoms with Crippen LogP contribution in [0.5, 0.6) is 0 Å². The summed E-state index contributed by atoms with van der Waals surface area (Å²) in [6.07, 6.45) is 2.26. The zero-order valence-corrected chi connectivity index (χ0v) is 18.6. The van der Waals surface area contributed by atoms with Gasteiger partial charge >= 0.3 is 0 Å². The third kappa shape index (κ3) is 4.24. The number of fused-ring (bicyclic) bond motifs is 1. The number of amides is 3. The van der Waals surface area contributed by atoms with E-state index in [2.05, 4.69) is 12.1 Å². The Labute approximate surface area is 193 Å². The standard InChI is InChI=1S/C26H28FN3O3/c27-22-7-3-4-8-23(22)30-17-21(15-24(30)31)26(33)28-12-10-19(11-13-28)25(32)29-14-9-18-5-1-2-6-20(18)16-29/h1-8,19,21H,9-17H2. The molecule has 7 heteroatoms. The van der Waals surface area contributed by atoms with Crippen molar-refractivity contribution in [3.8, 4) is 0 Å². The largest absolute Gasteiger partial charge is 0.342 e. The number of likely N-dealkylation sites (tertiary alicyclic amines) is 1. The van der Waals surface area contributed by atoms with E-state index in [4.69, 9.17) is 0 Å². The molecule has 1 atom stereocenters. The van der Waals surface area contributed by atoms with Gasteiger partial charge in [-0.3, -0.25) is 14.4 Å². The summed E-state index contributed by atoms with van der Waals surface area (Å²) in [5.41, 5.74) is 2.76. The lowest BCUT2D eigenvalue weighted by atomic mass is 9.92. The van der Waals surface area contributed by atoms with E-state index in [9.17, 15) is 18.8 Å². The first-order chi connectivity index (χ1) is 16.0. The highest BCUT2D eigenvalue weighted by molar-refractivity contribution is 6.00. The smallest absolute Gasteiger partial charge is 0.228 e. The Kier molecular flexibility index (Phi) is 5.87. The Morgan fingerprint density at radius 3 is 2.24 bits per heavy atom. The second kappa shape index (κ2) is 8.96. The van der Waals surface area contributed by atoms with E-state index in [0.29, 0.717) is 32.5 Å². The van der Waals surface area contributed by atoms with Gasteiger partial charge in [0, 0.05) is 45.1 Å². The molecule has 6 nitrogen and oxygen atoms in total. The predicted molar refractivity (Wildman–Crippen MR) is 122 cm³/mol. The summed E-state index contributed by atoms with van der Waals surface area (Å²) in [7, 11) is 0. The maximum Gasteiger partial charge on any atom is 0.228 e. The van der Waals surface area contributed by atoms with Crippen molar-refractivity contribution in [3.05, 3.63) is 65.5 Å². The third-order valence-corrected chi connectivity index (χ3v) is 7.22. The lowest BCUT2D eigenvalue weighted by molar-refractivity contribution is -0.143. The Hall–Kier alpha value is -3.22. The molecule has 0 aliphatic carbocycles. The van der Waals surface area contributed by atoms with E-state index in [1.807, 2.05) is 17.0 Å². The first-order valence-electron chi connectivity index (χ1n) is 11.7. The fourth-order valence-electron chi connectivity index (χ4n) is 5.32. The molecule has 0 N–H and O–H groups in total. The Balaban J connectivity index is 1.16. The van der Waals surface area contributed by atoms with E-state index in [-0.39, 0.29) is 42.3 Å². The molecule has 0 saturated carbocycles. The van der Waals surface area contributed by atoms with Crippen LogP contribution in [0, 0.1) is 17.7 Å². The monoisotopic (exact) mass is 449 g/mol. The fourth-order valence-corrected chi connectivity index (χ4v) is 5.32. The average molecular weight is 450 g/mol. The number of piperidine rings is 1. The number of benzene rings is 2. The number of carbonyl (C=O) groups excluding carboxylic acids is 3. The van der Waals surface area contributed by atoms with Gasteiger partial charge in [0.05, 0.1) is 11.6 Å². The molecule has 0 bridgehead atoms. The van der Waals surface area contributed by atoms with Crippen LogP contribution in [-0.4, -0.2) is 53.7 Å². The van der Waals surface area contributed by atoms with E-state index >= 15 is 0 Å². The van der Waals surface area contributed by atoms with Crippen LogP contribution in [0.15, 0.2) is 48.5 Å². The zero-order valence-electron chi connectivity index (χ0n) is 18.6. The van der Waals surface area contributed by atoms with Crippen molar-refractivity contribution < 1.29 is 18.8 Å². The fraction of sp³-hybridized carbons (Fsp3) is 0.423. The van der Waals surface area contributed by atoms with Crippen LogP contribution in [0.1, 0.15) is 30.4 Å². The van der Waals surface area contributed by atoms with Crippen LogP contribution in [0.2, 0.25) is 0 Å². The minimum absolute atomic E-state index is 0.0695. The summed E-state index contributed by atoms with van der Waals surface area (Å²) in [5, 5.41) is 0. The molecular weight excluding hydrogens is 421 g/mol. The van der Waals surface area contributed by atoms with Gasteiger partial charge in [-0.25, -0.2) is 4.39 Å². The molecule has 3 aliphatic rings. The van der Waals surface area contributed by atoms with Crippen molar-refractivity contribution in [1.82, 2.24) is 9.80 Å². The zero-order chi connectivity index (χ0) is 22.9. The number of nitrogens with zero attached hydrogens (tertiary/aromatic N) is 3. The highest BCUT2D eigenvalue weighted by atomic mass is 19.1. The van der Waals surface area contributed by atoms with Gasteiger partial charge in [0.2, 0.25) is 17.7 Å². The van der Waals surface area contributed by atoms with Crippen LogP contribution in [0.25, 0.3) is 0 Å². The molecule has 2 saturated heterocycles. The lowest BCUT2D eigenvalue weighted by Crippen LogP contribution is -2.47. The number of para-hydroxylation sites is 1. The lowest BCUT2D eigenvalue weighted by Gasteiger charge is -2.36. The van der Waals surface area contributed by atoms with Crippen molar-refractivity contribution in [3.63, 3.8) is 0 Å². The molecule has 2 fully saturated rings. The topological polar surface area (TPSA) is 60.9 Å². The predicted octanol–water partition coefficient (Wildman–Crippen LogP) is 3.00. The SMILES string of the molecule is O=C(C1CC(=O)N(c2ccccc2F)C1)N1CCC(C(=O)N2CCc3ccccc3C2)CC1. The Morgan fingerprint density at radius 2 is 1.48 bits per heavy atom. The molecule has 3 amide bonds. The molecule has 0 aromatic heterocycles. The number of carbonyl (C=O) groups is 3. The first-order valence-corrected chi connectivity index (χ1v) is 11.7. The number of anilines is 1. The van der Waals surface area contributed by atoms with E-state index in [1.54, 1.807) is 23.1 Å². The molecule has 1 unspecified atom stereocenters. The van der Waals surface area contributed by atoms with Crippen LogP contribution in [0.4, 0.5) is 10.1 Å². The van der Waals surface area contributed by atoms with Crippen LogP contribution < -0.4 is 4.90 Å². The van der Waals surface area contributed by atoms with E-state index in [1.165, 1.54) is 22.1 Å². The molecule has 0 spiro atoms. The van der Waals surface area contributed by atoms with E-state index < -0.39 is 11.7 Å². The molecule has 172 valence electrons. The molecule has 3 heterocycles. The summed E-state index contributed by atoms with van der Waals surface area (Å²) in [4.78, 5) is 43.8. The Morgan fingerprint density at radius 1 is 0.818 bits per heavy atom. The summed E-state index contributed by atoms with van der Waals surface area (Å²) in [6, 6.07) is 14.4. The summed E-state index contributed by atoms with van der Waals surface area (Å²) in [5.74, 6) is -1.12. The molecule has 33 heavy (non-hydrogen) atoms. The van der Waals surface area contributed by atoms with Gasteiger partial charge in [0.1, 0.15) is 5.82 Å². The minimum atomic E-state index is -0.469. The molecule has 2 aromatic rings. The maximum absolute atomic E-state index is 14.1. The molecule has 2 aromatic carbocycles. The van der Waals surface area contributed by atoms with Gasteiger partial charge < -0.3 is 14.7 Å². The molecule has 5 rings (SSSR count). The highest BCUT2D eigenvalue weighted by Crippen LogP contribution is 2.30. The van der Waals surface area contributed by atoms with Crippen molar-refractivity contribution in [2.75, 3.05) is 31.1 Å². The Bertz CT molecular complexity index is 1080. The maximum atomic E-state index is 14.1. The van der Waals surface area contributed by atoms with Gasteiger partial charge in [-0.15, -0.1) is 0 Å². The van der Waals surface area contributed by atoms with Crippen molar-refractivity contribution in [2.45, 2.75) is 32.2 Å². The van der Waals surface area contributed by atoms with Crippen LogP contribution in [0.3, 0.4) is 0 Å². The summed E-state index contributed by atoms with van der Waals surface area (Å²) in [6.45, 7) is 2.63. The normalized spacial score (nSPS) is 21.3. The number of hydrogen-bond acceptors (Lipinski definition) is 3. The summed E-state index contributed by atoms with van der Waals surface area (Å²) < 4.78 is 14.1. The van der Waals surface area contributed by atoms with Crippen molar-refractivity contribution >= 4 is 23.4 Å². The van der Waals surface area contributed by atoms with Crippen molar-refractivity contribution in [2.24, 2.45) is 11.8 Å². The van der Waals surface area contributed by atoms with Gasteiger partial charge in [-0.2, -0.15) is 0 Å². The third-order valence-electron chi connectivity index (χ3n) is 7.22. The van der Waals surface area contributed by atoms with Crippen LogP contribution in [-0.2, 0) is 27.3 Å². The molecule has 3 aliphatic heterocycles.